The van der Waals surface area contributed by atoms with Crippen molar-refractivity contribution in [2.24, 2.45) is 5.92 Å². The van der Waals surface area contributed by atoms with Gasteiger partial charge in [0, 0.05) is 53.3 Å². The molecule has 0 aliphatic heterocycles. The summed E-state index contributed by atoms with van der Waals surface area (Å²) in [6.45, 7) is 4.11. The highest BCUT2D eigenvalue weighted by atomic mass is 32.2. The minimum atomic E-state index is -4.44. The molecule has 204 valence electrons. The number of halogens is 3. The molecule has 0 bridgehead atoms. The Morgan fingerprint density at radius 2 is 1.70 bits per heavy atom. The van der Waals surface area contributed by atoms with Gasteiger partial charge in [0.1, 0.15) is 23.1 Å². The first-order chi connectivity index (χ1) is 19.0. The third-order valence-electron chi connectivity index (χ3n) is 6.07. The molecule has 0 spiro atoms. The summed E-state index contributed by atoms with van der Waals surface area (Å²) in [5.74, 6) is -3.39. The van der Waals surface area contributed by atoms with E-state index in [2.05, 4.69) is 33.8 Å². The van der Waals surface area contributed by atoms with E-state index in [1.165, 1.54) is 12.3 Å². The molecule has 0 radical (unpaired) electrons. The van der Waals surface area contributed by atoms with E-state index in [1.807, 2.05) is 4.72 Å². The number of H-pyrrole nitrogens is 1. The molecular weight excluding hydrogens is 543 g/mol. The molecule has 5 rings (SSSR count). The van der Waals surface area contributed by atoms with Crippen LogP contribution in [0.2, 0.25) is 0 Å². The summed E-state index contributed by atoms with van der Waals surface area (Å²) in [5.41, 5.74) is -0.210. The Kier molecular flexibility index (Phi) is 7.11. The van der Waals surface area contributed by atoms with Crippen LogP contribution < -0.4 is 4.72 Å². The number of ketones is 1. The third-order valence-corrected chi connectivity index (χ3v) is 7.44. The van der Waals surface area contributed by atoms with Gasteiger partial charge in [-0.2, -0.15) is 0 Å². The van der Waals surface area contributed by atoms with Crippen molar-refractivity contribution in [3.8, 4) is 11.1 Å². The maximum absolute atomic E-state index is 15.5. The smallest absolute Gasteiger partial charge is 0.262 e. The van der Waals surface area contributed by atoms with Crippen molar-refractivity contribution in [2.75, 3.05) is 4.72 Å². The highest BCUT2D eigenvalue weighted by Gasteiger charge is 2.26. The molecule has 3 heterocycles. The van der Waals surface area contributed by atoms with E-state index in [0.29, 0.717) is 40.3 Å². The van der Waals surface area contributed by atoms with Crippen LogP contribution in [-0.2, 0) is 16.4 Å². The summed E-state index contributed by atoms with van der Waals surface area (Å²) < 4.78 is 71.1. The Bertz CT molecular complexity index is 1860. The van der Waals surface area contributed by atoms with Gasteiger partial charge < -0.3 is 4.98 Å². The minimum Gasteiger partial charge on any atom is -0.345 e. The van der Waals surface area contributed by atoms with Crippen molar-refractivity contribution in [3.63, 3.8) is 0 Å². The normalized spacial score (nSPS) is 11.8. The predicted molar refractivity (Wildman–Crippen MR) is 143 cm³/mol. The molecule has 5 aromatic rings. The number of aromatic nitrogens is 4. The number of anilines is 1. The number of pyridine rings is 1. The van der Waals surface area contributed by atoms with Gasteiger partial charge in [-0.15, -0.1) is 0 Å². The van der Waals surface area contributed by atoms with Crippen molar-refractivity contribution in [3.05, 3.63) is 102 Å². The number of rotatable bonds is 8. The fraction of sp³-hybridized carbons (Fsp3) is 0.143. The Morgan fingerprint density at radius 1 is 0.975 bits per heavy atom. The lowest BCUT2D eigenvalue weighted by Crippen LogP contribution is -2.16. The van der Waals surface area contributed by atoms with Crippen molar-refractivity contribution in [2.45, 2.75) is 25.2 Å². The second-order valence-corrected chi connectivity index (χ2v) is 11.2. The molecular formula is C28H22F3N5O3S. The van der Waals surface area contributed by atoms with Gasteiger partial charge in [-0.1, -0.05) is 19.9 Å². The van der Waals surface area contributed by atoms with E-state index in [-0.39, 0.29) is 5.56 Å². The molecule has 0 aliphatic rings. The van der Waals surface area contributed by atoms with Crippen LogP contribution >= 0.6 is 0 Å². The first-order valence-electron chi connectivity index (χ1n) is 12.1. The second-order valence-electron chi connectivity index (χ2n) is 9.48. The van der Waals surface area contributed by atoms with Gasteiger partial charge in [0.05, 0.1) is 16.1 Å². The standard InChI is InChI=1S/C28H22F3N5O3S/c1-15(2)8-24-32-12-17(13-33-24)16-9-20-21(14-35-28(20)34-11-16)27(37)25-22(30)6-7-23(26(25)31)36-40(38,39)19-5-3-4-18(29)10-19/h3-7,9-15,36H,8H2,1-2H3,(H,34,35). The predicted octanol–water partition coefficient (Wildman–Crippen LogP) is 5.67. The number of nitrogens with zero attached hydrogens (tertiary/aromatic N) is 3. The van der Waals surface area contributed by atoms with Gasteiger partial charge in [-0.3, -0.25) is 9.52 Å². The summed E-state index contributed by atoms with van der Waals surface area (Å²) in [7, 11) is -4.44. The molecule has 0 amide bonds. The Labute approximate surface area is 227 Å². The first-order valence-corrected chi connectivity index (χ1v) is 13.6. The lowest BCUT2D eigenvalue weighted by Gasteiger charge is -2.12. The van der Waals surface area contributed by atoms with Crippen LogP contribution in [0.5, 0.6) is 0 Å². The SMILES string of the molecule is CC(C)Cc1ncc(-c2cnc3[nH]cc(C(=O)c4c(F)ccc(NS(=O)(=O)c5cccc(F)c5)c4F)c3c2)cn1. The highest BCUT2D eigenvalue weighted by Crippen LogP contribution is 2.30. The lowest BCUT2D eigenvalue weighted by atomic mass is 10.0. The quantitative estimate of drug-likeness (QED) is 0.234. The van der Waals surface area contributed by atoms with E-state index < -0.39 is 49.4 Å². The number of hydrogen-bond acceptors (Lipinski definition) is 6. The number of benzene rings is 2. The number of carbonyl (C=O) groups excluding carboxylic acids is 1. The molecule has 8 nitrogen and oxygen atoms in total. The molecule has 0 unspecified atom stereocenters. The average Bonchev–Trinajstić information content (AvgIpc) is 3.34. The monoisotopic (exact) mass is 565 g/mol. The van der Waals surface area contributed by atoms with Crippen molar-refractivity contribution in [1.29, 1.82) is 0 Å². The Balaban J connectivity index is 1.50. The topological polar surface area (TPSA) is 118 Å². The molecule has 0 aliphatic carbocycles. The molecule has 0 saturated heterocycles. The summed E-state index contributed by atoms with van der Waals surface area (Å²) in [5, 5.41) is 0.290. The third kappa shape index (κ3) is 5.30. The number of aromatic amines is 1. The number of carbonyl (C=O) groups is 1. The van der Waals surface area contributed by atoms with Gasteiger partial charge in [-0.05, 0) is 42.3 Å². The molecule has 12 heteroatoms. The summed E-state index contributed by atoms with van der Waals surface area (Å²) >= 11 is 0. The Morgan fingerprint density at radius 3 is 2.40 bits per heavy atom. The average molecular weight is 566 g/mol. The summed E-state index contributed by atoms with van der Waals surface area (Å²) in [6.07, 6.45) is 6.80. The maximum Gasteiger partial charge on any atom is 0.262 e. The van der Waals surface area contributed by atoms with E-state index in [1.54, 1.807) is 24.7 Å². The van der Waals surface area contributed by atoms with E-state index >= 15 is 4.39 Å². The Hall–Kier alpha value is -4.58. The van der Waals surface area contributed by atoms with Crippen LogP contribution in [0.15, 0.2) is 72.1 Å². The molecule has 2 N–H and O–H groups in total. The van der Waals surface area contributed by atoms with Gasteiger partial charge in [0.25, 0.3) is 10.0 Å². The molecule has 40 heavy (non-hydrogen) atoms. The van der Waals surface area contributed by atoms with Crippen LogP contribution in [0, 0.1) is 23.4 Å². The van der Waals surface area contributed by atoms with Gasteiger partial charge >= 0.3 is 0 Å². The number of hydrogen-bond donors (Lipinski definition) is 2. The molecule has 0 fully saturated rings. The fourth-order valence-electron chi connectivity index (χ4n) is 4.14. The highest BCUT2D eigenvalue weighted by molar-refractivity contribution is 7.92. The summed E-state index contributed by atoms with van der Waals surface area (Å²) in [6, 6.07) is 7.31. The van der Waals surface area contributed by atoms with Gasteiger partial charge in [0.15, 0.2) is 5.82 Å². The van der Waals surface area contributed by atoms with Crippen LogP contribution in [0.1, 0.15) is 35.6 Å². The van der Waals surface area contributed by atoms with Crippen molar-refractivity contribution >= 4 is 32.5 Å². The first kappa shape index (κ1) is 27.0. The summed E-state index contributed by atoms with van der Waals surface area (Å²) in [4.78, 5) is 28.8. The lowest BCUT2D eigenvalue weighted by molar-refractivity contribution is 0.103. The molecule has 2 aromatic carbocycles. The van der Waals surface area contributed by atoms with E-state index in [0.717, 1.165) is 30.3 Å². The van der Waals surface area contributed by atoms with Crippen molar-refractivity contribution in [1.82, 2.24) is 19.9 Å². The fourth-order valence-corrected chi connectivity index (χ4v) is 5.23. The zero-order valence-electron chi connectivity index (χ0n) is 21.2. The number of nitrogens with one attached hydrogen (secondary N) is 2. The molecule has 3 aromatic heterocycles. The van der Waals surface area contributed by atoms with Crippen LogP contribution in [0.25, 0.3) is 22.2 Å². The maximum atomic E-state index is 15.5. The zero-order valence-corrected chi connectivity index (χ0v) is 22.1. The number of sulfonamides is 1. The van der Waals surface area contributed by atoms with Crippen LogP contribution in [0.3, 0.4) is 0 Å². The second kappa shape index (κ2) is 10.5. The molecule has 0 saturated carbocycles. The zero-order chi connectivity index (χ0) is 28.6. The van der Waals surface area contributed by atoms with Crippen LogP contribution in [-0.4, -0.2) is 34.1 Å². The largest absolute Gasteiger partial charge is 0.345 e. The van der Waals surface area contributed by atoms with Gasteiger partial charge in [0.2, 0.25) is 5.78 Å². The van der Waals surface area contributed by atoms with Crippen LogP contribution in [0.4, 0.5) is 18.9 Å². The van der Waals surface area contributed by atoms with Crippen molar-refractivity contribution < 1.29 is 26.4 Å². The number of fused-ring (bicyclic) bond motifs is 1. The van der Waals surface area contributed by atoms with E-state index in [4.69, 9.17) is 0 Å². The van der Waals surface area contributed by atoms with E-state index in [9.17, 15) is 22.0 Å². The minimum absolute atomic E-state index is 0.0790. The van der Waals surface area contributed by atoms with Gasteiger partial charge in [-0.25, -0.2) is 36.5 Å². The molecule has 0 atom stereocenters.